The summed E-state index contributed by atoms with van der Waals surface area (Å²) in [6, 6.07) is 0.706. The van der Waals surface area contributed by atoms with Gasteiger partial charge in [-0.15, -0.1) is 0 Å². The second-order valence-electron chi connectivity index (χ2n) is 4.82. The van der Waals surface area contributed by atoms with Crippen molar-refractivity contribution in [3.8, 4) is 0 Å². The van der Waals surface area contributed by atoms with E-state index in [0.29, 0.717) is 12.1 Å². The molecule has 0 aliphatic rings. The quantitative estimate of drug-likeness (QED) is 0.443. The minimum atomic E-state index is 0.306. The van der Waals surface area contributed by atoms with Gasteiger partial charge in [-0.1, -0.05) is 6.92 Å². The van der Waals surface area contributed by atoms with E-state index in [1.807, 2.05) is 14.1 Å². The molecule has 0 aromatic carbocycles. The molecule has 0 rings (SSSR count). The van der Waals surface area contributed by atoms with E-state index in [1.165, 1.54) is 0 Å². The van der Waals surface area contributed by atoms with E-state index in [4.69, 9.17) is 0 Å². The summed E-state index contributed by atoms with van der Waals surface area (Å²) >= 11 is 0. The molecule has 0 aliphatic heterocycles. The summed E-state index contributed by atoms with van der Waals surface area (Å²) in [6.45, 7) is 11.6. The fourth-order valence-corrected chi connectivity index (χ4v) is 1.39. The van der Waals surface area contributed by atoms with Crippen LogP contribution >= 0.6 is 0 Å². The smallest absolute Gasteiger partial charge is 0.209 e. The minimum absolute atomic E-state index is 0.306. The molecule has 0 bridgehead atoms. The molecule has 1 N–H and O–H groups in total. The second kappa shape index (κ2) is 7.49. The normalized spacial score (nSPS) is 12.8. The average Bonchev–Trinajstić information content (AvgIpc) is 2.10. The average molecular weight is 228 g/mol. The topological polar surface area (TPSA) is 30.9 Å². The summed E-state index contributed by atoms with van der Waals surface area (Å²) in [7, 11) is 4.10. The van der Waals surface area contributed by atoms with Crippen molar-refractivity contribution in [2.75, 3.05) is 20.6 Å². The van der Waals surface area contributed by atoms with E-state index in [0.717, 1.165) is 18.9 Å². The van der Waals surface area contributed by atoms with Crippen LogP contribution in [0.2, 0.25) is 0 Å². The summed E-state index contributed by atoms with van der Waals surface area (Å²) in [5, 5.41) is 7.68. The highest BCUT2D eigenvalue weighted by molar-refractivity contribution is 5.79. The van der Waals surface area contributed by atoms with Gasteiger partial charge in [0.15, 0.2) is 0 Å². The van der Waals surface area contributed by atoms with Crippen molar-refractivity contribution >= 4 is 5.96 Å². The number of nitrogens with zero attached hydrogens (tertiary/aromatic N) is 3. The molecule has 16 heavy (non-hydrogen) atoms. The van der Waals surface area contributed by atoms with Crippen molar-refractivity contribution in [3.05, 3.63) is 0 Å². The molecule has 4 nitrogen and oxygen atoms in total. The Labute approximate surface area is 101 Å². The SMILES string of the molecule is CCCN(C(=NC(C)C)NC(C)C)N(C)C. The number of rotatable bonds is 5. The lowest BCUT2D eigenvalue weighted by molar-refractivity contribution is 0.103. The number of hydrazine groups is 1. The largest absolute Gasteiger partial charge is 0.353 e. The van der Waals surface area contributed by atoms with Crippen LogP contribution in [0.15, 0.2) is 4.99 Å². The Balaban J connectivity index is 4.81. The predicted octanol–water partition coefficient (Wildman–Crippen LogP) is 1.94. The van der Waals surface area contributed by atoms with Crippen molar-refractivity contribution in [1.29, 1.82) is 0 Å². The van der Waals surface area contributed by atoms with Crippen LogP contribution in [0.3, 0.4) is 0 Å². The number of nitrogens with one attached hydrogen (secondary N) is 1. The van der Waals surface area contributed by atoms with E-state index in [2.05, 4.69) is 54.9 Å². The number of hydrogen-bond donors (Lipinski definition) is 1. The molecule has 0 saturated heterocycles. The summed E-state index contributed by atoms with van der Waals surface area (Å²) in [6.07, 6.45) is 1.11. The Kier molecular flexibility index (Phi) is 7.13. The maximum absolute atomic E-state index is 4.65. The van der Waals surface area contributed by atoms with E-state index in [-0.39, 0.29) is 0 Å². The van der Waals surface area contributed by atoms with Gasteiger partial charge in [0.05, 0.1) is 0 Å². The first-order chi connectivity index (χ1) is 7.38. The molecule has 0 radical (unpaired) electrons. The van der Waals surface area contributed by atoms with Gasteiger partial charge in [0.1, 0.15) is 0 Å². The zero-order valence-corrected chi connectivity index (χ0v) is 11.9. The Morgan fingerprint density at radius 3 is 2.06 bits per heavy atom. The van der Waals surface area contributed by atoms with Crippen LogP contribution in [-0.2, 0) is 0 Å². The third-order valence-electron chi connectivity index (χ3n) is 1.96. The molecule has 0 saturated carbocycles. The van der Waals surface area contributed by atoms with Gasteiger partial charge in [0, 0.05) is 32.7 Å². The van der Waals surface area contributed by atoms with E-state index in [9.17, 15) is 0 Å². The van der Waals surface area contributed by atoms with Gasteiger partial charge in [-0.3, -0.25) is 5.01 Å². The molecule has 0 unspecified atom stereocenters. The highest BCUT2D eigenvalue weighted by Crippen LogP contribution is 1.99. The lowest BCUT2D eigenvalue weighted by Crippen LogP contribution is -2.51. The summed E-state index contributed by atoms with van der Waals surface area (Å²) in [4.78, 5) is 4.65. The zero-order chi connectivity index (χ0) is 12.7. The lowest BCUT2D eigenvalue weighted by atomic mass is 10.4. The Morgan fingerprint density at radius 2 is 1.75 bits per heavy atom. The first kappa shape index (κ1) is 15.2. The molecule has 0 aliphatic carbocycles. The van der Waals surface area contributed by atoms with Gasteiger partial charge in [0.25, 0.3) is 0 Å². The van der Waals surface area contributed by atoms with Gasteiger partial charge < -0.3 is 5.32 Å². The molecule has 0 atom stereocenters. The molecular formula is C12H28N4. The van der Waals surface area contributed by atoms with E-state index < -0.39 is 0 Å². The van der Waals surface area contributed by atoms with Gasteiger partial charge in [0.2, 0.25) is 5.96 Å². The molecule has 0 aromatic rings. The van der Waals surface area contributed by atoms with Crippen LogP contribution in [0.4, 0.5) is 0 Å². The van der Waals surface area contributed by atoms with Gasteiger partial charge in [-0.2, -0.15) is 0 Å². The highest BCUT2D eigenvalue weighted by Gasteiger charge is 2.14. The molecule has 0 amide bonds. The maximum Gasteiger partial charge on any atom is 0.209 e. The highest BCUT2D eigenvalue weighted by atomic mass is 15.6. The van der Waals surface area contributed by atoms with Crippen molar-refractivity contribution < 1.29 is 0 Å². The zero-order valence-electron chi connectivity index (χ0n) is 11.9. The molecular weight excluding hydrogens is 200 g/mol. The third-order valence-corrected chi connectivity index (χ3v) is 1.96. The Bertz CT molecular complexity index is 209. The van der Waals surface area contributed by atoms with Crippen LogP contribution in [-0.4, -0.2) is 48.7 Å². The first-order valence-corrected chi connectivity index (χ1v) is 6.17. The van der Waals surface area contributed by atoms with Crippen LogP contribution in [0, 0.1) is 0 Å². The van der Waals surface area contributed by atoms with Gasteiger partial charge in [-0.25, -0.2) is 10.0 Å². The predicted molar refractivity (Wildman–Crippen MR) is 71.5 cm³/mol. The minimum Gasteiger partial charge on any atom is -0.353 e. The maximum atomic E-state index is 4.65. The van der Waals surface area contributed by atoms with Crippen LogP contribution in [0.25, 0.3) is 0 Å². The molecule has 0 spiro atoms. The molecule has 96 valence electrons. The standard InChI is InChI=1S/C12H28N4/c1-8-9-16(15(6)7)12(13-10(2)3)14-11(4)5/h10-11H,8-9H2,1-7H3,(H,13,14). The van der Waals surface area contributed by atoms with Crippen molar-refractivity contribution in [3.63, 3.8) is 0 Å². The monoisotopic (exact) mass is 228 g/mol. The molecule has 4 heteroatoms. The fraction of sp³-hybridized carbons (Fsp3) is 0.917. The number of aliphatic imine (C=N–C) groups is 1. The summed E-state index contributed by atoms with van der Waals surface area (Å²) < 4.78 is 0. The van der Waals surface area contributed by atoms with Crippen molar-refractivity contribution in [2.45, 2.75) is 53.1 Å². The summed E-state index contributed by atoms with van der Waals surface area (Å²) in [5.41, 5.74) is 0. The van der Waals surface area contributed by atoms with E-state index in [1.54, 1.807) is 0 Å². The van der Waals surface area contributed by atoms with Crippen LogP contribution < -0.4 is 5.32 Å². The van der Waals surface area contributed by atoms with E-state index >= 15 is 0 Å². The number of guanidine groups is 1. The molecule has 0 heterocycles. The van der Waals surface area contributed by atoms with Gasteiger partial charge >= 0.3 is 0 Å². The molecule has 0 fully saturated rings. The van der Waals surface area contributed by atoms with Crippen molar-refractivity contribution in [2.24, 2.45) is 4.99 Å². The second-order valence-corrected chi connectivity index (χ2v) is 4.82. The number of hydrogen-bond acceptors (Lipinski definition) is 2. The third kappa shape index (κ3) is 5.95. The fourth-order valence-electron chi connectivity index (χ4n) is 1.39. The van der Waals surface area contributed by atoms with Crippen molar-refractivity contribution in [1.82, 2.24) is 15.3 Å². The first-order valence-electron chi connectivity index (χ1n) is 6.17. The Morgan fingerprint density at radius 1 is 1.19 bits per heavy atom. The molecule has 0 aromatic heterocycles. The van der Waals surface area contributed by atoms with Gasteiger partial charge in [-0.05, 0) is 34.1 Å². The Hall–Kier alpha value is -0.770. The van der Waals surface area contributed by atoms with Crippen LogP contribution in [0.1, 0.15) is 41.0 Å². The van der Waals surface area contributed by atoms with Crippen LogP contribution in [0.5, 0.6) is 0 Å². The lowest BCUT2D eigenvalue weighted by Gasteiger charge is -2.33. The summed E-state index contributed by atoms with van der Waals surface area (Å²) in [5.74, 6) is 0.969.